The molecular weight excluding hydrogens is 412 g/mol. The molecule has 0 spiro atoms. The van der Waals surface area contributed by atoms with E-state index in [1.54, 1.807) is 42.5 Å². The molecule has 0 bridgehead atoms. The molecule has 11 heteroatoms. The van der Waals surface area contributed by atoms with Crippen LogP contribution in [0, 0.1) is 17.0 Å². The molecule has 0 aliphatic heterocycles. The van der Waals surface area contributed by atoms with Gasteiger partial charge in [0.25, 0.3) is 5.91 Å². The average molecular weight is 429 g/mol. The van der Waals surface area contributed by atoms with Gasteiger partial charge >= 0.3 is 5.69 Å². The first kappa shape index (κ1) is 20.8. The Morgan fingerprint density at radius 3 is 2.50 bits per heavy atom. The number of benzene rings is 2. The number of anilines is 3. The number of nitro groups is 1. The van der Waals surface area contributed by atoms with E-state index in [0.29, 0.717) is 22.0 Å². The number of carbonyl (C=O) groups excluding carboxylic acids is 1. The lowest BCUT2D eigenvalue weighted by atomic mass is 10.2. The topological polar surface area (TPSA) is 131 Å². The van der Waals surface area contributed by atoms with Crippen molar-refractivity contribution in [1.82, 2.24) is 15.4 Å². The zero-order chi connectivity index (χ0) is 21.7. The summed E-state index contributed by atoms with van der Waals surface area (Å²) >= 11 is 6.00. The molecule has 0 aliphatic carbocycles. The Hall–Kier alpha value is -3.92. The highest BCUT2D eigenvalue weighted by atomic mass is 35.5. The summed E-state index contributed by atoms with van der Waals surface area (Å²) in [5, 5.41) is 15.0. The predicted molar refractivity (Wildman–Crippen MR) is 112 cm³/mol. The summed E-state index contributed by atoms with van der Waals surface area (Å²) in [4.78, 5) is 31.1. The molecule has 0 saturated heterocycles. The van der Waals surface area contributed by atoms with Gasteiger partial charge in [-0.3, -0.25) is 25.8 Å². The van der Waals surface area contributed by atoms with Crippen molar-refractivity contribution < 1.29 is 14.5 Å². The number of methoxy groups -OCH3 is 1. The summed E-state index contributed by atoms with van der Waals surface area (Å²) < 4.78 is 5.04. The third-order valence-electron chi connectivity index (χ3n) is 4.10. The third kappa shape index (κ3) is 4.73. The summed E-state index contributed by atoms with van der Waals surface area (Å²) in [6, 6.07) is 11.5. The van der Waals surface area contributed by atoms with Gasteiger partial charge in [0.15, 0.2) is 0 Å². The number of ether oxygens (including phenoxy) is 1. The van der Waals surface area contributed by atoms with Crippen LogP contribution in [0.25, 0.3) is 0 Å². The van der Waals surface area contributed by atoms with E-state index in [0.717, 1.165) is 11.9 Å². The number of hydrogen-bond acceptors (Lipinski definition) is 8. The molecular formula is C19H17ClN6O4. The highest BCUT2D eigenvalue weighted by molar-refractivity contribution is 6.30. The van der Waals surface area contributed by atoms with Crippen LogP contribution in [-0.2, 0) is 0 Å². The van der Waals surface area contributed by atoms with Crippen molar-refractivity contribution in [3.05, 3.63) is 75.1 Å². The second-order valence-electron chi connectivity index (χ2n) is 6.07. The van der Waals surface area contributed by atoms with E-state index in [2.05, 4.69) is 26.1 Å². The average Bonchev–Trinajstić information content (AvgIpc) is 2.74. The predicted octanol–water partition coefficient (Wildman–Crippen LogP) is 3.86. The first-order chi connectivity index (χ1) is 14.4. The van der Waals surface area contributed by atoms with Crippen LogP contribution in [0.4, 0.5) is 23.0 Å². The number of amides is 1. The van der Waals surface area contributed by atoms with Crippen LogP contribution in [0.15, 0.2) is 48.8 Å². The lowest BCUT2D eigenvalue weighted by molar-refractivity contribution is -0.383. The highest BCUT2D eigenvalue weighted by Crippen LogP contribution is 2.32. The van der Waals surface area contributed by atoms with Crippen LogP contribution in [-0.4, -0.2) is 27.9 Å². The fourth-order valence-corrected chi connectivity index (χ4v) is 2.69. The number of rotatable bonds is 7. The van der Waals surface area contributed by atoms with E-state index in [1.165, 1.54) is 7.11 Å². The van der Waals surface area contributed by atoms with Crippen LogP contribution in [0.1, 0.15) is 15.9 Å². The van der Waals surface area contributed by atoms with Crippen molar-refractivity contribution in [3.63, 3.8) is 0 Å². The minimum atomic E-state index is -0.649. The molecule has 1 amide bonds. The zero-order valence-electron chi connectivity index (χ0n) is 16.0. The summed E-state index contributed by atoms with van der Waals surface area (Å²) in [7, 11) is 1.52. The van der Waals surface area contributed by atoms with Crippen LogP contribution < -0.4 is 20.9 Å². The molecule has 3 aromatic rings. The van der Waals surface area contributed by atoms with E-state index in [1.807, 2.05) is 6.92 Å². The van der Waals surface area contributed by atoms with Gasteiger partial charge < -0.3 is 10.1 Å². The Balaban J connectivity index is 1.82. The molecule has 0 fully saturated rings. The van der Waals surface area contributed by atoms with Gasteiger partial charge in [0, 0.05) is 16.3 Å². The molecule has 154 valence electrons. The van der Waals surface area contributed by atoms with Crippen molar-refractivity contribution in [2.24, 2.45) is 0 Å². The second kappa shape index (κ2) is 9.05. The van der Waals surface area contributed by atoms with Gasteiger partial charge in [-0.05, 0) is 48.9 Å². The Kier molecular flexibility index (Phi) is 6.28. The van der Waals surface area contributed by atoms with E-state index >= 15 is 0 Å². The Bertz CT molecular complexity index is 1090. The van der Waals surface area contributed by atoms with E-state index in [4.69, 9.17) is 16.3 Å². The first-order valence-electron chi connectivity index (χ1n) is 8.62. The molecule has 1 heterocycles. The summed E-state index contributed by atoms with van der Waals surface area (Å²) in [6.07, 6.45) is 1.14. The molecule has 30 heavy (non-hydrogen) atoms. The lowest BCUT2D eigenvalue weighted by Gasteiger charge is -2.12. The summed E-state index contributed by atoms with van der Waals surface area (Å²) in [5.74, 6) is -0.149. The van der Waals surface area contributed by atoms with Crippen LogP contribution in [0.5, 0.6) is 5.75 Å². The van der Waals surface area contributed by atoms with Gasteiger partial charge in [0.2, 0.25) is 11.6 Å². The van der Waals surface area contributed by atoms with Crippen molar-refractivity contribution in [2.45, 2.75) is 6.92 Å². The van der Waals surface area contributed by atoms with Gasteiger partial charge in [0.05, 0.1) is 12.0 Å². The molecule has 3 N–H and O–H groups in total. The quantitative estimate of drug-likeness (QED) is 0.382. The monoisotopic (exact) mass is 428 g/mol. The van der Waals surface area contributed by atoms with E-state index in [9.17, 15) is 14.9 Å². The third-order valence-corrected chi connectivity index (χ3v) is 4.34. The number of hydrogen-bond donors (Lipinski definition) is 3. The smallest absolute Gasteiger partial charge is 0.355 e. The van der Waals surface area contributed by atoms with Crippen LogP contribution >= 0.6 is 11.6 Å². The van der Waals surface area contributed by atoms with Crippen molar-refractivity contribution in [3.8, 4) is 5.75 Å². The maximum absolute atomic E-state index is 12.3. The molecule has 0 unspecified atom stereocenters. The highest BCUT2D eigenvalue weighted by Gasteiger charge is 2.24. The zero-order valence-corrected chi connectivity index (χ0v) is 16.7. The number of halogens is 1. The minimum absolute atomic E-state index is 0.0541. The number of carbonyl (C=O) groups is 1. The van der Waals surface area contributed by atoms with Gasteiger partial charge in [-0.1, -0.05) is 17.7 Å². The second-order valence-corrected chi connectivity index (χ2v) is 6.50. The summed E-state index contributed by atoms with van der Waals surface area (Å²) in [6.45, 7) is 1.82. The molecule has 10 nitrogen and oxygen atoms in total. The van der Waals surface area contributed by atoms with Gasteiger partial charge in [-0.15, -0.1) is 0 Å². The maximum atomic E-state index is 12.3. The Morgan fingerprint density at radius 2 is 1.83 bits per heavy atom. The van der Waals surface area contributed by atoms with Crippen molar-refractivity contribution in [2.75, 3.05) is 17.9 Å². The number of hydrazine groups is 1. The normalized spacial score (nSPS) is 10.2. The number of nitrogens with zero attached hydrogens (tertiary/aromatic N) is 3. The van der Waals surface area contributed by atoms with Crippen LogP contribution in [0.3, 0.4) is 0 Å². The fourth-order valence-electron chi connectivity index (χ4n) is 2.52. The Morgan fingerprint density at radius 1 is 1.13 bits per heavy atom. The Labute approximate surface area is 176 Å². The van der Waals surface area contributed by atoms with Crippen molar-refractivity contribution >= 4 is 40.5 Å². The van der Waals surface area contributed by atoms with Gasteiger partial charge in [0.1, 0.15) is 12.1 Å². The largest absolute Gasteiger partial charge is 0.497 e. The molecule has 0 saturated carbocycles. The number of aromatic nitrogens is 2. The summed E-state index contributed by atoms with van der Waals surface area (Å²) in [5.41, 5.74) is 6.13. The van der Waals surface area contributed by atoms with Gasteiger partial charge in [-0.2, -0.15) is 0 Å². The molecule has 0 atom stereocenters. The first-order valence-corrected chi connectivity index (χ1v) is 9.00. The maximum Gasteiger partial charge on any atom is 0.355 e. The van der Waals surface area contributed by atoms with E-state index < -0.39 is 16.5 Å². The van der Waals surface area contributed by atoms with Crippen molar-refractivity contribution in [1.29, 1.82) is 0 Å². The number of aryl methyl sites for hydroxylation is 1. The lowest BCUT2D eigenvalue weighted by Crippen LogP contribution is -2.30. The minimum Gasteiger partial charge on any atom is -0.497 e. The fraction of sp³-hybridized carbons (Fsp3) is 0.105. The number of nitrogens with one attached hydrogen (secondary N) is 3. The van der Waals surface area contributed by atoms with E-state index in [-0.39, 0.29) is 11.6 Å². The standard InChI is InChI=1S/C19H17ClN6O4/c1-11-3-6-13(20)9-15(11)23-17-16(26(28)29)18(22-10-21-17)24-25-19(27)12-4-7-14(30-2)8-5-12/h3-10H,1-2H3,(H,25,27)(H2,21,22,23,24). The SMILES string of the molecule is COc1ccc(C(=O)NNc2ncnc(Nc3cc(Cl)ccc3C)c2[N+](=O)[O-])cc1. The molecule has 2 aromatic carbocycles. The molecule has 0 radical (unpaired) electrons. The van der Waals surface area contributed by atoms with Gasteiger partial charge in [-0.25, -0.2) is 9.97 Å². The molecule has 1 aromatic heterocycles. The molecule has 0 aliphatic rings. The van der Waals surface area contributed by atoms with Crippen LogP contribution in [0.2, 0.25) is 5.02 Å². The molecule has 3 rings (SSSR count).